The van der Waals surface area contributed by atoms with Gasteiger partial charge in [0.2, 0.25) is 0 Å². The zero-order valence-electron chi connectivity index (χ0n) is 12.9. The number of aromatic nitrogens is 1. The summed E-state index contributed by atoms with van der Waals surface area (Å²) in [6.45, 7) is 2.86. The Hall–Kier alpha value is -2.46. The lowest BCUT2D eigenvalue weighted by atomic mass is 9.97. The van der Waals surface area contributed by atoms with Crippen molar-refractivity contribution >= 4 is 10.9 Å². The normalized spacial score (nSPS) is 18.7. The summed E-state index contributed by atoms with van der Waals surface area (Å²) >= 11 is 0. The first-order valence-corrected chi connectivity index (χ1v) is 8.00. The van der Waals surface area contributed by atoms with Gasteiger partial charge in [0, 0.05) is 42.2 Å². The van der Waals surface area contributed by atoms with E-state index in [0.717, 1.165) is 31.6 Å². The summed E-state index contributed by atoms with van der Waals surface area (Å²) in [7, 11) is 0. The molecular formula is C19H20N2O2. The number of nitrogens with zero attached hydrogens (tertiary/aromatic N) is 1. The molecule has 0 amide bonds. The van der Waals surface area contributed by atoms with E-state index >= 15 is 0 Å². The highest BCUT2D eigenvalue weighted by Gasteiger charge is 2.26. The van der Waals surface area contributed by atoms with Gasteiger partial charge in [-0.3, -0.25) is 4.90 Å². The molecule has 0 aliphatic carbocycles. The quantitative estimate of drug-likeness (QED) is 0.693. The van der Waals surface area contributed by atoms with E-state index < -0.39 is 0 Å². The second-order valence-corrected chi connectivity index (χ2v) is 6.32. The number of phenolic OH excluding ortho intramolecular Hbond substituents is 2. The predicted octanol–water partition coefficient (Wildman–Crippen LogP) is 3.57. The molecule has 1 fully saturated rings. The molecule has 0 bridgehead atoms. The summed E-state index contributed by atoms with van der Waals surface area (Å²) in [6.07, 6.45) is 3.12. The van der Waals surface area contributed by atoms with Crippen molar-refractivity contribution in [1.29, 1.82) is 0 Å². The van der Waals surface area contributed by atoms with Crippen LogP contribution in [0, 0.1) is 0 Å². The number of hydrogen-bond donors (Lipinski definition) is 3. The van der Waals surface area contributed by atoms with Gasteiger partial charge in [0.1, 0.15) is 11.5 Å². The standard InChI is InChI=1S/C19H20N2O2/c22-15-5-6-17(19(23)9-15)13-7-8-21(11-13)12-14-10-20-18-4-2-1-3-16(14)18/h1-6,9-10,13,20,22-23H,7-8,11-12H2. The van der Waals surface area contributed by atoms with Crippen LogP contribution in [0.4, 0.5) is 0 Å². The van der Waals surface area contributed by atoms with Gasteiger partial charge in [-0.05, 0) is 36.2 Å². The number of aromatic amines is 1. The van der Waals surface area contributed by atoms with E-state index in [1.165, 1.54) is 22.5 Å². The molecule has 118 valence electrons. The summed E-state index contributed by atoms with van der Waals surface area (Å²) in [6, 6.07) is 13.3. The van der Waals surface area contributed by atoms with Crippen LogP contribution in [0.2, 0.25) is 0 Å². The average Bonchev–Trinajstić information content (AvgIpc) is 3.16. The van der Waals surface area contributed by atoms with Crippen LogP contribution in [0.15, 0.2) is 48.7 Å². The summed E-state index contributed by atoms with van der Waals surface area (Å²) in [4.78, 5) is 5.75. The van der Waals surface area contributed by atoms with Crippen molar-refractivity contribution in [3.8, 4) is 11.5 Å². The van der Waals surface area contributed by atoms with Crippen LogP contribution in [-0.2, 0) is 6.54 Å². The summed E-state index contributed by atoms with van der Waals surface area (Å²) in [5.74, 6) is 0.629. The van der Waals surface area contributed by atoms with Crippen LogP contribution in [-0.4, -0.2) is 33.2 Å². The molecule has 2 aromatic carbocycles. The van der Waals surface area contributed by atoms with Gasteiger partial charge in [-0.25, -0.2) is 0 Å². The second kappa shape index (κ2) is 5.63. The number of para-hydroxylation sites is 1. The molecule has 2 heterocycles. The van der Waals surface area contributed by atoms with Crippen LogP contribution in [0.5, 0.6) is 11.5 Å². The topological polar surface area (TPSA) is 59.5 Å². The van der Waals surface area contributed by atoms with E-state index in [4.69, 9.17) is 0 Å². The molecule has 1 atom stereocenters. The molecule has 3 N–H and O–H groups in total. The summed E-state index contributed by atoms with van der Waals surface area (Å²) in [5, 5.41) is 20.8. The monoisotopic (exact) mass is 308 g/mol. The third kappa shape index (κ3) is 2.66. The molecule has 1 unspecified atom stereocenters. The van der Waals surface area contributed by atoms with Gasteiger partial charge in [-0.2, -0.15) is 0 Å². The molecule has 1 aromatic heterocycles. The molecule has 0 spiro atoms. The van der Waals surface area contributed by atoms with Gasteiger partial charge >= 0.3 is 0 Å². The van der Waals surface area contributed by atoms with E-state index in [1.54, 1.807) is 6.07 Å². The van der Waals surface area contributed by atoms with Crippen molar-refractivity contribution in [3.63, 3.8) is 0 Å². The first-order valence-electron chi connectivity index (χ1n) is 8.00. The van der Waals surface area contributed by atoms with Gasteiger partial charge < -0.3 is 15.2 Å². The maximum absolute atomic E-state index is 10.1. The van der Waals surface area contributed by atoms with Crippen LogP contribution >= 0.6 is 0 Å². The van der Waals surface area contributed by atoms with Crippen LogP contribution in [0.1, 0.15) is 23.5 Å². The Morgan fingerprint density at radius 1 is 1.13 bits per heavy atom. The van der Waals surface area contributed by atoms with Crippen LogP contribution < -0.4 is 0 Å². The van der Waals surface area contributed by atoms with Crippen molar-refractivity contribution < 1.29 is 10.2 Å². The Kier molecular flexibility index (Phi) is 3.46. The third-order valence-electron chi connectivity index (χ3n) is 4.80. The highest BCUT2D eigenvalue weighted by Crippen LogP contribution is 2.35. The molecule has 3 aromatic rings. The molecule has 23 heavy (non-hydrogen) atoms. The minimum absolute atomic E-state index is 0.111. The minimum atomic E-state index is 0.111. The number of fused-ring (bicyclic) bond motifs is 1. The largest absolute Gasteiger partial charge is 0.508 e. The van der Waals surface area contributed by atoms with Crippen molar-refractivity contribution in [2.24, 2.45) is 0 Å². The lowest BCUT2D eigenvalue weighted by Crippen LogP contribution is -2.19. The minimum Gasteiger partial charge on any atom is -0.508 e. The molecule has 4 nitrogen and oxygen atoms in total. The molecule has 0 saturated carbocycles. The van der Waals surface area contributed by atoms with Gasteiger partial charge in [0.15, 0.2) is 0 Å². The van der Waals surface area contributed by atoms with E-state index in [2.05, 4.69) is 34.3 Å². The zero-order valence-corrected chi connectivity index (χ0v) is 12.9. The lowest BCUT2D eigenvalue weighted by Gasteiger charge is -2.16. The van der Waals surface area contributed by atoms with Gasteiger partial charge in [0.25, 0.3) is 0 Å². The number of hydrogen-bond acceptors (Lipinski definition) is 3. The predicted molar refractivity (Wildman–Crippen MR) is 90.7 cm³/mol. The number of likely N-dealkylation sites (tertiary alicyclic amines) is 1. The van der Waals surface area contributed by atoms with Crippen molar-refractivity contribution in [2.45, 2.75) is 18.9 Å². The number of nitrogens with one attached hydrogen (secondary N) is 1. The number of aromatic hydroxyl groups is 2. The number of benzene rings is 2. The zero-order chi connectivity index (χ0) is 15.8. The fraction of sp³-hybridized carbons (Fsp3) is 0.263. The molecular weight excluding hydrogens is 288 g/mol. The molecule has 4 heteroatoms. The lowest BCUT2D eigenvalue weighted by molar-refractivity contribution is 0.327. The first-order chi connectivity index (χ1) is 11.2. The highest BCUT2D eigenvalue weighted by atomic mass is 16.3. The molecule has 4 rings (SSSR count). The Morgan fingerprint density at radius 3 is 2.87 bits per heavy atom. The van der Waals surface area contributed by atoms with Crippen molar-refractivity contribution in [1.82, 2.24) is 9.88 Å². The molecule has 1 aliphatic heterocycles. The third-order valence-corrected chi connectivity index (χ3v) is 4.80. The number of H-pyrrole nitrogens is 1. The first kappa shape index (κ1) is 14.2. The maximum atomic E-state index is 10.1. The molecule has 1 saturated heterocycles. The van der Waals surface area contributed by atoms with Crippen molar-refractivity contribution in [2.75, 3.05) is 13.1 Å². The Labute approximate surface area is 135 Å². The van der Waals surface area contributed by atoms with Crippen molar-refractivity contribution in [3.05, 3.63) is 59.8 Å². The number of phenols is 2. The highest BCUT2D eigenvalue weighted by molar-refractivity contribution is 5.82. The van der Waals surface area contributed by atoms with Crippen LogP contribution in [0.25, 0.3) is 10.9 Å². The van der Waals surface area contributed by atoms with Gasteiger partial charge in [-0.15, -0.1) is 0 Å². The Morgan fingerprint density at radius 2 is 2.00 bits per heavy atom. The Balaban J connectivity index is 1.50. The smallest absolute Gasteiger partial charge is 0.122 e. The van der Waals surface area contributed by atoms with E-state index in [-0.39, 0.29) is 11.5 Å². The maximum Gasteiger partial charge on any atom is 0.122 e. The summed E-state index contributed by atoms with van der Waals surface area (Å²) in [5.41, 5.74) is 3.43. The second-order valence-electron chi connectivity index (χ2n) is 6.32. The van der Waals surface area contributed by atoms with Gasteiger partial charge in [-0.1, -0.05) is 24.3 Å². The number of rotatable bonds is 3. The van der Waals surface area contributed by atoms with E-state index in [1.807, 2.05) is 12.1 Å². The Bertz CT molecular complexity index is 840. The average molecular weight is 308 g/mol. The SMILES string of the molecule is Oc1ccc(C2CCN(Cc3c[nH]c4ccccc34)C2)c(O)c1. The fourth-order valence-corrected chi connectivity index (χ4v) is 3.61. The van der Waals surface area contributed by atoms with Crippen LogP contribution in [0.3, 0.4) is 0 Å². The van der Waals surface area contributed by atoms with Gasteiger partial charge in [0.05, 0.1) is 0 Å². The van der Waals surface area contributed by atoms with E-state index in [9.17, 15) is 10.2 Å². The van der Waals surface area contributed by atoms with E-state index in [0.29, 0.717) is 5.92 Å². The molecule has 1 aliphatic rings. The fourth-order valence-electron chi connectivity index (χ4n) is 3.61. The molecule has 0 radical (unpaired) electrons. The summed E-state index contributed by atoms with van der Waals surface area (Å²) < 4.78 is 0.